The Kier molecular flexibility index (Phi) is 12.5. The number of unbranched alkanes of at least 4 members (excludes halogenated alkanes) is 1. The van der Waals surface area contributed by atoms with E-state index in [0.717, 1.165) is 48.9 Å². The predicted molar refractivity (Wildman–Crippen MR) is 148 cm³/mol. The monoisotopic (exact) mass is 520 g/mol. The average molecular weight is 521 g/mol. The van der Waals surface area contributed by atoms with Crippen LogP contribution < -0.4 is 0 Å². The Balaban J connectivity index is 1.01. The van der Waals surface area contributed by atoms with Crippen molar-refractivity contribution in [1.82, 2.24) is 0 Å². The summed E-state index contributed by atoms with van der Waals surface area (Å²) in [6.07, 6.45) is 27.6. The molecule has 3 saturated carbocycles. The van der Waals surface area contributed by atoms with Crippen molar-refractivity contribution < 1.29 is 18.3 Å². The Labute approximate surface area is 226 Å². The molecule has 1 saturated heterocycles. The summed E-state index contributed by atoms with van der Waals surface area (Å²) in [5.41, 5.74) is 0. The summed E-state index contributed by atoms with van der Waals surface area (Å²) in [5, 5.41) is 0. The number of halogens is 2. The van der Waals surface area contributed by atoms with E-state index in [2.05, 4.69) is 19.1 Å². The Morgan fingerprint density at radius 1 is 0.649 bits per heavy atom. The molecule has 4 heteroatoms. The Morgan fingerprint density at radius 2 is 1.14 bits per heavy atom. The van der Waals surface area contributed by atoms with Crippen LogP contribution in [0.4, 0.5) is 8.78 Å². The SMILES string of the molecule is CC=CC1CCC(C2CCC(CCCCC3CCC(C4COC(CCC=C(F)F)OC4)CC3)CC2)CC1. The molecule has 0 atom stereocenters. The fraction of sp³-hybridized carbons (Fsp3) is 0.879. The molecule has 0 amide bonds. The lowest BCUT2D eigenvalue weighted by Gasteiger charge is -2.38. The van der Waals surface area contributed by atoms with Crippen LogP contribution in [0.1, 0.15) is 122 Å². The fourth-order valence-electron chi connectivity index (χ4n) is 8.17. The third-order valence-electron chi connectivity index (χ3n) is 10.6. The number of hydrogen-bond donors (Lipinski definition) is 0. The number of allylic oxidation sites excluding steroid dienone is 3. The molecule has 1 aliphatic heterocycles. The second kappa shape index (κ2) is 15.8. The summed E-state index contributed by atoms with van der Waals surface area (Å²) in [6, 6.07) is 0. The van der Waals surface area contributed by atoms with Crippen molar-refractivity contribution in [2.24, 2.45) is 41.4 Å². The maximum Gasteiger partial charge on any atom is 0.266 e. The van der Waals surface area contributed by atoms with E-state index in [-0.39, 0.29) is 6.29 Å². The quantitative estimate of drug-likeness (QED) is 0.199. The Hall–Kier alpha value is -0.740. The molecule has 0 N–H and O–H groups in total. The second-order valence-corrected chi connectivity index (χ2v) is 13.0. The van der Waals surface area contributed by atoms with Gasteiger partial charge in [-0.2, -0.15) is 8.78 Å². The van der Waals surface area contributed by atoms with Crippen LogP contribution in [-0.2, 0) is 9.47 Å². The Bertz CT molecular complexity index is 670. The zero-order chi connectivity index (χ0) is 25.9. The number of rotatable bonds is 11. The number of ether oxygens (including phenoxy) is 2. The van der Waals surface area contributed by atoms with E-state index < -0.39 is 6.08 Å². The molecule has 0 bridgehead atoms. The molecule has 1 heterocycles. The third kappa shape index (κ3) is 9.75. The zero-order valence-corrected chi connectivity index (χ0v) is 23.6. The van der Waals surface area contributed by atoms with Crippen molar-refractivity contribution >= 4 is 0 Å². The van der Waals surface area contributed by atoms with Gasteiger partial charge < -0.3 is 9.47 Å². The molecule has 0 radical (unpaired) electrons. The molecule has 2 nitrogen and oxygen atoms in total. The molecule has 4 aliphatic rings. The molecule has 0 aromatic heterocycles. The van der Waals surface area contributed by atoms with Crippen molar-refractivity contribution in [2.45, 2.75) is 129 Å². The van der Waals surface area contributed by atoms with Crippen molar-refractivity contribution in [2.75, 3.05) is 13.2 Å². The highest BCUT2D eigenvalue weighted by Crippen LogP contribution is 2.43. The van der Waals surface area contributed by atoms with Crippen LogP contribution in [0.2, 0.25) is 0 Å². The summed E-state index contributed by atoms with van der Waals surface area (Å²) in [4.78, 5) is 0. The lowest BCUT2D eigenvalue weighted by atomic mass is 9.68. The zero-order valence-electron chi connectivity index (χ0n) is 23.6. The van der Waals surface area contributed by atoms with E-state index in [1.807, 2.05) is 0 Å². The maximum absolute atomic E-state index is 12.2. The summed E-state index contributed by atoms with van der Waals surface area (Å²) in [6.45, 7) is 3.64. The average Bonchev–Trinajstić information content (AvgIpc) is 2.93. The lowest BCUT2D eigenvalue weighted by Crippen LogP contribution is -2.37. The summed E-state index contributed by atoms with van der Waals surface area (Å²) >= 11 is 0. The Morgan fingerprint density at radius 3 is 1.62 bits per heavy atom. The smallest absolute Gasteiger partial charge is 0.266 e. The highest BCUT2D eigenvalue weighted by atomic mass is 19.3. The van der Waals surface area contributed by atoms with Crippen molar-refractivity contribution in [3.8, 4) is 0 Å². The first kappa shape index (κ1) is 29.2. The molecule has 0 unspecified atom stereocenters. The molecule has 4 rings (SSSR count). The van der Waals surface area contributed by atoms with E-state index >= 15 is 0 Å². The molecule has 0 aromatic carbocycles. The largest absolute Gasteiger partial charge is 0.352 e. The van der Waals surface area contributed by atoms with Crippen LogP contribution in [0.15, 0.2) is 24.3 Å². The van der Waals surface area contributed by atoms with E-state index in [4.69, 9.17) is 9.47 Å². The second-order valence-electron chi connectivity index (χ2n) is 13.0. The molecule has 37 heavy (non-hydrogen) atoms. The van der Waals surface area contributed by atoms with Gasteiger partial charge in [0.25, 0.3) is 6.08 Å². The van der Waals surface area contributed by atoms with E-state index in [9.17, 15) is 8.78 Å². The molecule has 4 fully saturated rings. The van der Waals surface area contributed by atoms with Gasteiger partial charge in [0.15, 0.2) is 6.29 Å². The van der Waals surface area contributed by atoms with E-state index in [1.165, 1.54) is 103 Å². The predicted octanol–water partition coefficient (Wildman–Crippen LogP) is 10.1. The lowest BCUT2D eigenvalue weighted by molar-refractivity contribution is -0.211. The summed E-state index contributed by atoms with van der Waals surface area (Å²) in [7, 11) is 0. The first-order valence-electron chi connectivity index (χ1n) is 16.0. The topological polar surface area (TPSA) is 18.5 Å². The van der Waals surface area contributed by atoms with Crippen LogP contribution in [0, 0.1) is 41.4 Å². The van der Waals surface area contributed by atoms with Gasteiger partial charge in [-0.1, -0.05) is 63.5 Å². The molecule has 212 valence electrons. The minimum absolute atomic E-state index is 0.304. The minimum Gasteiger partial charge on any atom is -0.352 e. The van der Waals surface area contributed by atoms with Crippen LogP contribution in [0.5, 0.6) is 0 Å². The normalized spacial score (nSPS) is 37.5. The standard InChI is InChI=1S/C33H54F2O2/c1-2-6-25-11-17-28(18-12-25)29-19-13-26(14-20-29)7-3-4-8-27-15-21-30(22-16-27)31-23-36-33(37-24-31)10-5-9-32(34)35/h2,6,9,25-31,33H,3-5,7-8,10-24H2,1H3. The summed E-state index contributed by atoms with van der Waals surface area (Å²) in [5.74, 6) is 6.07. The van der Waals surface area contributed by atoms with Gasteiger partial charge in [0.2, 0.25) is 0 Å². The van der Waals surface area contributed by atoms with Gasteiger partial charge in [-0.15, -0.1) is 0 Å². The van der Waals surface area contributed by atoms with Gasteiger partial charge in [0, 0.05) is 12.3 Å². The van der Waals surface area contributed by atoms with Gasteiger partial charge in [-0.05, 0) is 106 Å². The minimum atomic E-state index is -1.61. The first-order valence-corrected chi connectivity index (χ1v) is 16.0. The highest BCUT2D eigenvalue weighted by molar-refractivity contribution is 4.91. The van der Waals surface area contributed by atoms with E-state index in [0.29, 0.717) is 24.7 Å². The van der Waals surface area contributed by atoms with Crippen LogP contribution in [-0.4, -0.2) is 19.5 Å². The van der Waals surface area contributed by atoms with E-state index in [1.54, 1.807) is 0 Å². The highest BCUT2D eigenvalue weighted by Gasteiger charge is 2.32. The van der Waals surface area contributed by atoms with Gasteiger partial charge in [0.1, 0.15) is 0 Å². The van der Waals surface area contributed by atoms with Gasteiger partial charge in [-0.3, -0.25) is 0 Å². The van der Waals surface area contributed by atoms with Crippen molar-refractivity contribution in [3.63, 3.8) is 0 Å². The number of hydrogen-bond acceptors (Lipinski definition) is 2. The molecular formula is C33H54F2O2. The third-order valence-corrected chi connectivity index (χ3v) is 10.6. The van der Waals surface area contributed by atoms with Gasteiger partial charge in [0.05, 0.1) is 13.2 Å². The molecule has 3 aliphatic carbocycles. The van der Waals surface area contributed by atoms with Crippen LogP contribution >= 0.6 is 0 Å². The molecular weight excluding hydrogens is 466 g/mol. The summed E-state index contributed by atoms with van der Waals surface area (Å²) < 4.78 is 36.1. The maximum atomic E-state index is 12.2. The fourth-order valence-corrected chi connectivity index (χ4v) is 8.17. The van der Waals surface area contributed by atoms with Crippen LogP contribution in [0.3, 0.4) is 0 Å². The van der Waals surface area contributed by atoms with Gasteiger partial charge in [-0.25, -0.2) is 0 Å². The van der Waals surface area contributed by atoms with Crippen LogP contribution in [0.25, 0.3) is 0 Å². The van der Waals surface area contributed by atoms with Gasteiger partial charge >= 0.3 is 0 Å². The van der Waals surface area contributed by atoms with Crippen molar-refractivity contribution in [3.05, 3.63) is 24.3 Å². The molecule has 0 spiro atoms. The first-order chi connectivity index (χ1) is 18.1. The molecule has 0 aromatic rings. The van der Waals surface area contributed by atoms with Crippen molar-refractivity contribution in [1.29, 1.82) is 0 Å².